The van der Waals surface area contributed by atoms with Gasteiger partial charge in [-0.05, 0) is 28.5 Å². The van der Waals surface area contributed by atoms with Gasteiger partial charge in [0, 0.05) is 11.6 Å². The average Bonchev–Trinajstić information content (AvgIpc) is 2.53. The zero-order valence-electron chi connectivity index (χ0n) is 14.2. The Morgan fingerprint density at radius 3 is 2.33 bits per heavy atom. The first-order chi connectivity index (χ1) is 11.3. The van der Waals surface area contributed by atoms with Crippen molar-refractivity contribution in [1.29, 1.82) is 0 Å². The van der Waals surface area contributed by atoms with Crippen LogP contribution in [-0.2, 0) is 6.42 Å². The summed E-state index contributed by atoms with van der Waals surface area (Å²) in [6, 6.07) is 15.3. The summed E-state index contributed by atoms with van der Waals surface area (Å²) in [5.74, 6) is 0. The van der Waals surface area contributed by atoms with Gasteiger partial charge in [0.2, 0.25) is 0 Å². The van der Waals surface area contributed by atoms with Crippen LogP contribution < -0.4 is 5.32 Å². The van der Waals surface area contributed by atoms with Crippen molar-refractivity contribution < 1.29 is 14.7 Å². The normalized spacial score (nSPS) is 12.5. The molecule has 1 atom stereocenters. The fourth-order valence-electron chi connectivity index (χ4n) is 2.59. The van der Waals surface area contributed by atoms with E-state index >= 15 is 0 Å². The largest absolute Gasteiger partial charge is 0.465 e. The molecular formula is C20H23NO3. The zero-order valence-corrected chi connectivity index (χ0v) is 14.2. The number of carbonyl (C=O) groups is 2. The highest BCUT2D eigenvalue weighted by atomic mass is 16.4. The van der Waals surface area contributed by atoms with E-state index in [-0.39, 0.29) is 11.5 Å². The first-order valence-electron chi connectivity index (χ1n) is 7.93. The Balaban J connectivity index is 2.25. The molecule has 1 unspecified atom stereocenters. The molecule has 126 valence electrons. The van der Waals surface area contributed by atoms with Gasteiger partial charge in [0.05, 0.1) is 0 Å². The molecular weight excluding hydrogens is 302 g/mol. The number of nitrogens with one attached hydrogen (secondary N) is 1. The molecule has 0 aromatic heterocycles. The molecule has 0 aliphatic heterocycles. The monoisotopic (exact) mass is 325 g/mol. The molecule has 0 saturated heterocycles. The van der Waals surface area contributed by atoms with Crippen LogP contribution in [0.3, 0.4) is 0 Å². The molecule has 1 amide bonds. The first-order valence-corrected chi connectivity index (χ1v) is 7.93. The van der Waals surface area contributed by atoms with Gasteiger partial charge in [-0.3, -0.25) is 4.79 Å². The number of hydrogen-bond acceptors (Lipinski definition) is 2. The molecule has 24 heavy (non-hydrogen) atoms. The van der Waals surface area contributed by atoms with Crippen LogP contribution in [0.4, 0.5) is 4.79 Å². The van der Waals surface area contributed by atoms with Gasteiger partial charge in [-0.1, -0.05) is 69.3 Å². The highest BCUT2D eigenvalue weighted by Gasteiger charge is 2.26. The molecule has 0 aliphatic carbocycles. The number of rotatable bonds is 5. The highest BCUT2D eigenvalue weighted by Crippen LogP contribution is 2.25. The minimum absolute atomic E-state index is 0.178. The van der Waals surface area contributed by atoms with Crippen LogP contribution in [0, 0.1) is 5.41 Å². The van der Waals surface area contributed by atoms with E-state index in [9.17, 15) is 9.59 Å². The van der Waals surface area contributed by atoms with Gasteiger partial charge in [0.25, 0.3) is 0 Å². The molecule has 0 saturated carbocycles. The van der Waals surface area contributed by atoms with Crippen molar-refractivity contribution in [2.24, 2.45) is 5.41 Å². The molecule has 0 bridgehead atoms. The Kier molecular flexibility index (Phi) is 5.39. The molecule has 0 radical (unpaired) electrons. The summed E-state index contributed by atoms with van der Waals surface area (Å²) in [4.78, 5) is 21.8. The average molecular weight is 325 g/mol. The fraction of sp³-hybridized carbons (Fsp3) is 0.300. The Labute approximate surface area is 142 Å². The lowest BCUT2D eigenvalue weighted by Gasteiger charge is -2.30. The van der Waals surface area contributed by atoms with Crippen molar-refractivity contribution in [3.63, 3.8) is 0 Å². The predicted octanol–water partition coefficient (Wildman–Crippen LogP) is 4.39. The number of carboxylic acid groups (broad SMARTS) is 1. The number of benzene rings is 2. The molecule has 2 aromatic rings. The van der Waals surface area contributed by atoms with Crippen LogP contribution in [0.25, 0.3) is 11.1 Å². The Bertz CT molecular complexity index is 714. The van der Waals surface area contributed by atoms with Crippen LogP contribution in [0.15, 0.2) is 48.5 Å². The zero-order chi connectivity index (χ0) is 17.7. The van der Waals surface area contributed by atoms with E-state index in [1.807, 2.05) is 51.1 Å². The van der Waals surface area contributed by atoms with E-state index in [0.717, 1.165) is 23.0 Å². The SMILES string of the molecule is CC(C)(C)C(Cc1cccc(-c2ccc(C=O)cc2)c1)NC(=O)O. The van der Waals surface area contributed by atoms with Gasteiger partial charge < -0.3 is 10.4 Å². The van der Waals surface area contributed by atoms with Gasteiger partial charge in [0.15, 0.2) is 0 Å². The summed E-state index contributed by atoms with van der Waals surface area (Å²) in [5, 5.41) is 11.7. The molecule has 2 aromatic carbocycles. The lowest BCUT2D eigenvalue weighted by Crippen LogP contribution is -2.44. The second kappa shape index (κ2) is 7.30. The number of hydrogen-bond donors (Lipinski definition) is 2. The predicted molar refractivity (Wildman–Crippen MR) is 95.4 cm³/mol. The van der Waals surface area contributed by atoms with Gasteiger partial charge in [0.1, 0.15) is 6.29 Å². The number of amides is 1. The van der Waals surface area contributed by atoms with Crippen LogP contribution in [-0.4, -0.2) is 23.5 Å². The third-order valence-electron chi connectivity index (χ3n) is 4.09. The van der Waals surface area contributed by atoms with Crippen molar-refractivity contribution in [3.8, 4) is 11.1 Å². The van der Waals surface area contributed by atoms with Gasteiger partial charge in [-0.2, -0.15) is 0 Å². The van der Waals surface area contributed by atoms with E-state index in [4.69, 9.17) is 5.11 Å². The summed E-state index contributed by atoms with van der Waals surface area (Å²) < 4.78 is 0. The second-order valence-corrected chi connectivity index (χ2v) is 7.01. The second-order valence-electron chi connectivity index (χ2n) is 7.01. The minimum Gasteiger partial charge on any atom is -0.465 e. The lowest BCUT2D eigenvalue weighted by molar-refractivity contribution is 0.112. The van der Waals surface area contributed by atoms with Gasteiger partial charge in [-0.25, -0.2) is 4.79 Å². The maximum absolute atomic E-state index is 11.1. The van der Waals surface area contributed by atoms with Crippen molar-refractivity contribution in [3.05, 3.63) is 59.7 Å². The van der Waals surface area contributed by atoms with Gasteiger partial charge >= 0.3 is 6.09 Å². The maximum Gasteiger partial charge on any atom is 0.404 e. The van der Waals surface area contributed by atoms with Crippen molar-refractivity contribution in [2.75, 3.05) is 0 Å². The molecule has 0 spiro atoms. The summed E-state index contributed by atoms with van der Waals surface area (Å²) in [6.07, 6.45) is 0.442. The van der Waals surface area contributed by atoms with Crippen LogP contribution in [0.5, 0.6) is 0 Å². The quantitative estimate of drug-likeness (QED) is 0.801. The topological polar surface area (TPSA) is 66.4 Å². The molecule has 4 nitrogen and oxygen atoms in total. The summed E-state index contributed by atoms with van der Waals surface area (Å²) in [5.41, 5.74) is 3.61. The standard InChI is InChI=1S/C20H23NO3/c1-20(2,3)18(21-19(23)24)12-15-5-4-6-17(11-15)16-9-7-14(13-22)8-10-16/h4-11,13,18,21H,12H2,1-3H3,(H,23,24). The smallest absolute Gasteiger partial charge is 0.404 e. The molecule has 0 aliphatic rings. The van der Waals surface area contributed by atoms with E-state index in [1.54, 1.807) is 12.1 Å². The third-order valence-corrected chi connectivity index (χ3v) is 4.09. The maximum atomic E-state index is 11.1. The first kappa shape index (κ1) is 17.7. The fourth-order valence-corrected chi connectivity index (χ4v) is 2.59. The van der Waals surface area contributed by atoms with E-state index in [1.165, 1.54) is 0 Å². The Morgan fingerprint density at radius 1 is 1.12 bits per heavy atom. The number of carbonyl (C=O) groups excluding carboxylic acids is 1. The van der Waals surface area contributed by atoms with E-state index in [2.05, 4.69) is 11.4 Å². The molecule has 2 rings (SSSR count). The summed E-state index contributed by atoms with van der Waals surface area (Å²) in [6.45, 7) is 6.07. The Hall–Kier alpha value is -2.62. The minimum atomic E-state index is -1.00. The van der Waals surface area contributed by atoms with E-state index < -0.39 is 6.09 Å². The highest BCUT2D eigenvalue weighted by molar-refractivity contribution is 5.77. The molecule has 0 heterocycles. The van der Waals surface area contributed by atoms with Gasteiger partial charge in [-0.15, -0.1) is 0 Å². The third kappa shape index (κ3) is 4.69. The van der Waals surface area contributed by atoms with Crippen molar-refractivity contribution >= 4 is 12.4 Å². The number of aldehydes is 1. The van der Waals surface area contributed by atoms with Crippen LogP contribution in [0.2, 0.25) is 0 Å². The summed E-state index contributed by atoms with van der Waals surface area (Å²) in [7, 11) is 0. The van der Waals surface area contributed by atoms with Crippen LogP contribution in [0.1, 0.15) is 36.7 Å². The summed E-state index contributed by atoms with van der Waals surface area (Å²) >= 11 is 0. The molecule has 4 heteroatoms. The van der Waals surface area contributed by atoms with E-state index in [0.29, 0.717) is 12.0 Å². The van der Waals surface area contributed by atoms with Crippen molar-refractivity contribution in [1.82, 2.24) is 5.32 Å². The Morgan fingerprint density at radius 2 is 1.79 bits per heavy atom. The van der Waals surface area contributed by atoms with Crippen molar-refractivity contribution in [2.45, 2.75) is 33.2 Å². The van der Waals surface area contributed by atoms with Crippen LogP contribution >= 0.6 is 0 Å². The molecule has 2 N–H and O–H groups in total. The molecule has 0 fully saturated rings. The lowest BCUT2D eigenvalue weighted by atomic mass is 9.82.